The third kappa shape index (κ3) is 1.88. The van der Waals surface area contributed by atoms with Crippen LogP contribution in [0.1, 0.15) is 51.2 Å². The number of halogens is 1. The number of hydrogen-bond acceptors (Lipinski definition) is 2. The lowest BCUT2D eigenvalue weighted by Crippen LogP contribution is -2.18. The second-order valence-corrected chi connectivity index (χ2v) is 6.38. The van der Waals surface area contributed by atoms with Crippen molar-refractivity contribution in [2.24, 2.45) is 18.9 Å². The second kappa shape index (κ2) is 5.06. The molecule has 3 unspecified atom stereocenters. The van der Waals surface area contributed by atoms with E-state index in [-0.39, 0.29) is 0 Å². The summed E-state index contributed by atoms with van der Waals surface area (Å²) < 4.78 is 4.34. The normalized spacial score (nSPS) is 26.8. The average Bonchev–Trinajstić information content (AvgIpc) is 3.06. The highest BCUT2D eigenvalue weighted by Crippen LogP contribution is 2.42. The van der Waals surface area contributed by atoms with Gasteiger partial charge in [0.25, 0.3) is 0 Å². The zero-order valence-electron chi connectivity index (χ0n) is 12.7. The van der Waals surface area contributed by atoms with E-state index in [1.54, 1.807) is 0 Å². The predicted molar refractivity (Wildman–Crippen MR) is 82.0 cm³/mol. The zero-order chi connectivity index (χ0) is 14.4. The van der Waals surface area contributed by atoms with E-state index in [9.17, 15) is 0 Å². The van der Waals surface area contributed by atoms with Gasteiger partial charge < -0.3 is 4.57 Å². The fraction of sp³-hybridized carbons (Fsp3) is 0.733. The van der Waals surface area contributed by atoms with Crippen molar-refractivity contribution in [1.29, 1.82) is 0 Å². The van der Waals surface area contributed by atoms with E-state index in [1.807, 2.05) is 11.7 Å². The molecule has 1 fully saturated rings. The lowest BCUT2D eigenvalue weighted by atomic mass is 9.97. The summed E-state index contributed by atoms with van der Waals surface area (Å²) in [5, 5.41) is 4.61. The molecular weight excluding hydrogens is 272 g/mol. The van der Waals surface area contributed by atoms with Crippen molar-refractivity contribution < 1.29 is 0 Å². The van der Waals surface area contributed by atoms with Crippen LogP contribution in [-0.4, -0.2) is 19.3 Å². The van der Waals surface area contributed by atoms with Crippen molar-refractivity contribution in [2.45, 2.75) is 52.0 Å². The highest BCUT2D eigenvalue weighted by molar-refractivity contribution is 6.16. The summed E-state index contributed by atoms with van der Waals surface area (Å²) >= 11 is 6.16. The Balaban J connectivity index is 2.20. The highest BCUT2D eigenvalue weighted by Gasteiger charge is 2.34. The number of alkyl halides is 1. The molecule has 1 aliphatic carbocycles. The van der Waals surface area contributed by atoms with Crippen LogP contribution in [0.2, 0.25) is 0 Å². The van der Waals surface area contributed by atoms with E-state index in [4.69, 9.17) is 16.6 Å². The van der Waals surface area contributed by atoms with E-state index < -0.39 is 0 Å². The van der Waals surface area contributed by atoms with Gasteiger partial charge in [-0.05, 0) is 31.1 Å². The molecule has 1 saturated carbocycles. The number of aromatic nitrogens is 4. The Bertz CT molecular complexity index is 627. The van der Waals surface area contributed by atoms with Gasteiger partial charge in [-0.2, -0.15) is 5.10 Å². The van der Waals surface area contributed by atoms with Crippen LogP contribution >= 0.6 is 11.6 Å². The molecule has 2 aromatic heterocycles. The topological polar surface area (TPSA) is 35.6 Å². The number of aryl methyl sites for hydroxylation is 2. The lowest BCUT2D eigenvalue weighted by Gasteiger charge is -2.22. The van der Waals surface area contributed by atoms with Crippen molar-refractivity contribution in [3.8, 4) is 0 Å². The van der Waals surface area contributed by atoms with Gasteiger partial charge in [0.1, 0.15) is 11.3 Å². The summed E-state index contributed by atoms with van der Waals surface area (Å²) in [6.07, 6.45) is 3.41. The van der Waals surface area contributed by atoms with Gasteiger partial charge in [0.05, 0.1) is 11.6 Å². The summed E-state index contributed by atoms with van der Waals surface area (Å²) in [7, 11) is 2.01. The Hall–Kier alpha value is -1.03. The van der Waals surface area contributed by atoms with Crippen molar-refractivity contribution in [1.82, 2.24) is 19.3 Å². The molecule has 3 rings (SSSR count). The third-order valence-corrected chi connectivity index (χ3v) is 5.26. The van der Waals surface area contributed by atoms with Crippen LogP contribution in [-0.2, 0) is 19.3 Å². The fourth-order valence-corrected chi connectivity index (χ4v) is 3.82. The molecule has 0 spiro atoms. The number of hydrogen-bond donors (Lipinski definition) is 0. The van der Waals surface area contributed by atoms with E-state index >= 15 is 0 Å². The smallest absolute Gasteiger partial charge is 0.158 e. The lowest BCUT2D eigenvalue weighted by molar-refractivity contribution is 0.351. The summed E-state index contributed by atoms with van der Waals surface area (Å²) in [6, 6.07) is 0.504. The highest BCUT2D eigenvalue weighted by atomic mass is 35.5. The molecule has 20 heavy (non-hydrogen) atoms. The molecule has 0 bridgehead atoms. The molecule has 3 atom stereocenters. The molecular formula is C15H23ClN4. The summed E-state index contributed by atoms with van der Waals surface area (Å²) in [5.74, 6) is 2.89. The number of fused-ring (bicyclic) bond motifs is 1. The van der Waals surface area contributed by atoms with Gasteiger partial charge in [-0.1, -0.05) is 20.8 Å². The van der Waals surface area contributed by atoms with Gasteiger partial charge in [-0.3, -0.25) is 4.68 Å². The Labute approximate surface area is 125 Å². The molecule has 0 aromatic carbocycles. The minimum atomic E-state index is 0.468. The molecule has 0 saturated heterocycles. The van der Waals surface area contributed by atoms with E-state index in [2.05, 4.69) is 30.4 Å². The van der Waals surface area contributed by atoms with Crippen LogP contribution in [0.3, 0.4) is 0 Å². The predicted octanol–water partition coefficient (Wildman–Crippen LogP) is 3.68. The largest absolute Gasteiger partial charge is 0.308 e. The molecule has 110 valence electrons. The van der Waals surface area contributed by atoms with Crippen LogP contribution in [0.25, 0.3) is 11.2 Å². The molecule has 0 amide bonds. The maximum absolute atomic E-state index is 6.16. The minimum absolute atomic E-state index is 0.468. The van der Waals surface area contributed by atoms with E-state index in [0.717, 1.165) is 35.0 Å². The third-order valence-electron chi connectivity index (χ3n) is 5.02. The first-order valence-electron chi connectivity index (χ1n) is 7.57. The van der Waals surface area contributed by atoms with Crippen LogP contribution < -0.4 is 0 Å². The molecule has 0 aliphatic heterocycles. The second-order valence-electron chi connectivity index (χ2n) is 6.11. The SMILES string of the molecule is CCc1nn(C)c2c1nc(CCl)n2C1CCC(C)C1C. The van der Waals surface area contributed by atoms with Gasteiger partial charge in [0, 0.05) is 13.1 Å². The van der Waals surface area contributed by atoms with Gasteiger partial charge in [0.15, 0.2) is 5.65 Å². The van der Waals surface area contributed by atoms with Gasteiger partial charge in [0.2, 0.25) is 0 Å². The van der Waals surface area contributed by atoms with Gasteiger partial charge in [-0.25, -0.2) is 4.98 Å². The van der Waals surface area contributed by atoms with Crippen molar-refractivity contribution in [2.75, 3.05) is 0 Å². The van der Waals surface area contributed by atoms with Crippen LogP contribution in [0.4, 0.5) is 0 Å². The van der Waals surface area contributed by atoms with Crippen molar-refractivity contribution in [3.05, 3.63) is 11.5 Å². The first kappa shape index (κ1) is 13.9. The average molecular weight is 295 g/mol. The van der Waals surface area contributed by atoms with Crippen molar-refractivity contribution >= 4 is 22.8 Å². The number of imidazole rings is 1. The van der Waals surface area contributed by atoms with E-state index in [0.29, 0.717) is 17.8 Å². The Morgan fingerprint density at radius 2 is 2.05 bits per heavy atom. The molecule has 4 nitrogen and oxygen atoms in total. The molecule has 2 aromatic rings. The summed E-state index contributed by atoms with van der Waals surface area (Å²) in [5.41, 5.74) is 3.26. The van der Waals surface area contributed by atoms with Crippen LogP contribution in [0.15, 0.2) is 0 Å². The Kier molecular flexibility index (Phi) is 3.53. The maximum Gasteiger partial charge on any atom is 0.158 e. The quantitative estimate of drug-likeness (QED) is 0.810. The van der Waals surface area contributed by atoms with Gasteiger partial charge in [-0.15, -0.1) is 11.6 Å². The Morgan fingerprint density at radius 1 is 1.30 bits per heavy atom. The number of rotatable bonds is 3. The zero-order valence-corrected chi connectivity index (χ0v) is 13.5. The van der Waals surface area contributed by atoms with Crippen molar-refractivity contribution in [3.63, 3.8) is 0 Å². The molecule has 2 heterocycles. The summed E-state index contributed by atoms with van der Waals surface area (Å²) in [6.45, 7) is 6.82. The standard InChI is InChI=1S/C15H23ClN4/c1-5-11-14-15(19(4)18-11)20(13(8-16)17-14)12-7-6-9(2)10(12)3/h9-10,12H,5-8H2,1-4H3. The first-order chi connectivity index (χ1) is 9.58. The number of nitrogens with zero attached hydrogens (tertiary/aromatic N) is 4. The Morgan fingerprint density at radius 3 is 2.60 bits per heavy atom. The first-order valence-corrected chi connectivity index (χ1v) is 8.10. The molecule has 0 N–H and O–H groups in total. The van der Waals surface area contributed by atoms with Crippen LogP contribution in [0.5, 0.6) is 0 Å². The van der Waals surface area contributed by atoms with Gasteiger partial charge >= 0.3 is 0 Å². The fourth-order valence-electron chi connectivity index (χ4n) is 3.63. The molecule has 1 aliphatic rings. The van der Waals surface area contributed by atoms with Crippen LogP contribution in [0, 0.1) is 11.8 Å². The minimum Gasteiger partial charge on any atom is -0.308 e. The summed E-state index contributed by atoms with van der Waals surface area (Å²) in [4.78, 5) is 4.77. The van der Waals surface area contributed by atoms with E-state index in [1.165, 1.54) is 12.8 Å². The molecule has 0 radical (unpaired) electrons. The monoisotopic (exact) mass is 294 g/mol. The maximum atomic E-state index is 6.16. The molecule has 5 heteroatoms.